The minimum atomic E-state index is -1.26. The number of amides is 2. The average Bonchev–Trinajstić information content (AvgIpc) is 2.55. The molecule has 1 aromatic carbocycles. The Labute approximate surface area is 127 Å². The van der Waals surface area contributed by atoms with E-state index in [1.807, 2.05) is 0 Å². The molecular weight excluding hydrogens is 286 g/mol. The van der Waals surface area contributed by atoms with Gasteiger partial charge in [-0.25, -0.2) is 5.43 Å². The van der Waals surface area contributed by atoms with Crippen molar-refractivity contribution in [2.45, 2.75) is 19.3 Å². The Morgan fingerprint density at radius 2 is 1.73 bits per heavy atom. The van der Waals surface area contributed by atoms with E-state index in [4.69, 9.17) is 0 Å². The summed E-state index contributed by atoms with van der Waals surface area (Å²) in [6.07, 6.45) is 4.23. The number of rotatable bonds is 3. The van der Waals surface area contributed by atoms with Crippen LogP contribution >= 0.6 is 0 Å². The van der Waals surface area contributed by atoms with Crippen molar-refractivity contribution in [3.05, 3.63) is 35.4 Å². The summed E-state index contributed by atoms with van der Waals surface area (Å²) in [5.74, 6) is -2.61. The lowest BCUT2D eigenvalue weighted by Crippen LogP contribution is -2.43. The Bertz CT molecular complexity index is 589. The zero-order valence-corrected chi connectivity index (χ0v) is 11.9. The summed E-state index contributed by atoms with van der Waals surface area (Å²) in [6, 6.07) is 5.79. The second-order valence-corrected chi connectivity index (χ2v) is 4.96. The molecule has 1 aromatic rings. The number of likely N-dealkylation sites (tertiary alicyclic amines) is 1. The first-order valence-electron chi connectivity index (χ1n) is 7.01. The maximum absolute atomic E-state index is 11.8. The highest BCUT2D eigenvalue weighted by Gasteiger charge is 2.22. The van der Waals surface area contributed by atoms with Crippen molar-refractivity contribution in [3.8, 4) is 0 Å². The number of benzene rings is 1. The predicted molar refractivity (Wildman–Crippen MR) is 76.9 cm³/mol. The molecule has 2 amide bonds. The molecule has 0 spiro atoms. The number of aromatic carboxylic acids is 1. The largest absolute Gasteiger partial charge is 0.545 e. The van der Waals surface area contributed by atoms with Crippen LogP contribution in [0.4, 0.5) is 0 Å². The average molecular weight is 302 g/mol. The van der Waals surface area contributed by atoms with Crippen LogP contribution in [0.15, 0.2) is 29.4 Å². The van der Waals surface area contributed by atoms with E-state index < -0.39 is 17.8 Å². The van der Waals surface area contributed by atoms with Gasteiger partial charge in [0.25, 0.3) is 0 Å². The first-order chi connectivity index (χ1) is 10.6. The highest BCUT2D eigenvalue weighted by Crippen LogP contribution is 2.08. The summed E-state index contributed by atoms with van der Waals surface area (Å²) < 4.78 is 0. The van der Waals surface area contributed by atoms with E-state index >= 15 is 0 Å². The van der Waals surface area contributed by atoms with Gasteiger partial charge in [0.1, 0.15) is 0 Å². The van der Waals surface area contributed by atoms with Gasteiger partial charge in [-0.3, -0.25) is 9.59 Å². The van der Waals surface area contributed by atoms with Crippen LogP contribution in [-0.4, -0.2) is 42.0 Å². The van der Waals surface area contributed by atoms with Crippen LogP contribution in [0.5, 0.6) is 0 Å². The van der Waals surface area contributed by atoms with Gasteiger partial charge in [-0.1, -0.05) is 24.3 Å². The fourth-order valence-electron chi connectivity index (χ4n) is 2.16. The molecule has 0 unspecified atom stereocenters. The standard InChI is InChI=1S/C15H17N3O4/c19-13(14(20)18-8-2-1-3-9-18)17-16-10-11-4-6-12(7-5-11)15(21)22/h4-7,10H,1-3,8-9H2,(H,17,19)(H,21,22)/p-1. The Kier molecular flexibility index (Phi) is 5.24. The summed E-state index contributed by atoms with van der Waals surface area (Å²) in [5.41, 5.74) is 2.83. The Hall–Kier alpha value is -2.70. The molecule has 0 aliphatic carbocycles. The SMILES string of the molecule is O=C(NN=Cc1ccc(C(=O)[O-])cc1)C(=O)N1CCCCC1. The van der Waals surface area contributed by atoms with E-state index in [0.717, 1.165) is 19.3 Å². The Morgan fingerprint density at radius 3 is 2.32 bits per heavy atom. The fourth-order valence-corrected chi connectivity index (χ4v) is 2.16. The monoisotopic (exact) mass is 302 g/mol. The van der Waals surface area contributed by atoms with Gasteiger partial charge >= 0.3 is 11.8 Å². The minimum absolute atomic E-state index is 0.0569. The van der Waals surface area contributed by atoms with Crippen LogP contribution in [0, 0.1) is 0 Å². The number of piperidine rings is 1. The van der Waals surface area contributed by atoms with Crippen LogP contribution in [0.1, 0.15) is 35.2 Å². The zero-order chi connectivity index (χ0) is 15.9. The van der Waals surface area contributed by atoms with Crippen molar-refractivity contribution < 1.29 is 19.5 Å². The summed E-state index contributed by atoms with van der Waals surface area (Å²) in [7, 11) is 0. The molecule has 0 bridgehead atoms. The predicted octanol–water partition coefficient (Wildman–Crippen LogP) is -0.487. The van der Waals surface area contributed by atoms with Gasteiger partial charge in [-0.15, -0.1) is 0 Å². The molecule has 0 aromatic heterocycles. The van der Waals surface area contributed by atoms with E-state index in [-0.39, 0.29) is 5.56 Å². The number of nitrogens with zero attached hydrogens (tertiary/aromatic N) is 2. The summed E-state index contributed by atoms with van der Waals surface area (Å²) >= 11 is 0. The van der Waals surface area contributed by atoms with Gasteiger partial charge < -0.3 is 14.8 Å². The number of carbonyl (C=O) groups excluding carboxylic acids is 3. The molecule has 7 heteroatoms. The maximum atomic E-state index is 11.8. The van der Waals surface area contributed by atoms with Crippen molar-refractivity contribution in [2.75, 3.05) is 13.1 Å². The van der Waals surface area contributed by atoms with Crippen molar-refractivity contribution in [1.29, 1.82) is 0 Å². The summed E-state index contributed by atoms with van der Waals surface area (Å²) in [6.45, 7) is 1.20. The van der Waals surface area contributed by atoms with Crippen LogP contribution < -0.4 is 10.5 Å². The molecule has 1 saturated heterocycles. The second kappa shape index (κ2) is 7.35. The quantitative estimate of drug-likeness (QED) is 0.462. The van der Waals surface area contributed by atoms with Crippen LogP contribution in [0.2, 0.25) is 0 Å². The van der Waals surface area contributed by atoms with Gasteiger partial charge in [0.05, 0.1) is 12.2 Å². The zero-order valence-electron chi connectivity index (χ0n) is 11.9. The smallest absolute Gasteiger partial charge is 0.329 e. The third-order valence-electron chi connectivity index (χ3n) is 3.36. The van der Waals surface area contributed by atoms with Crippen LogP contribution in [0.3, 0.4) is 0 Å². The lowest BCUT2D eigenvalue weighted by atomic mass is 10.1. The molecule has 2 rings (SSSR count). The van der Waals surface area contributed by atoms with Crippen LogP contribution in [-0.2, 0) is 9.59 Å². The molecule has 0 saturated carbocycles. The number of carbonyl (C=O) groups is 3. The van der Waals surface area contributed by atoms with Gasteiger partial charge in [0.15, 0.2) is 0 Å². The minimum Gasteiger partial charge on any atom is -0.545 e. The number of nitrogens with one attached hydrogen (secondary N) is 1. The molecule has 1 fully saturated rings. The molecule has 0 atom stereocenters. The normalized spacial score (nSPS) is 14.8. The van der Waals surface area contributed by atoms with Crippen molar-refractivity contribution >= 4 is 24.0 Å². The Morgan fingerprint density at radius 1 is 1.09 bits per heavy atom. The molecule has 1 aliphatic rings. The summed E-state index contributed by atoms with van der Waals surface area (Å²) in [5, 5.41) is 14.3. The number of hydrazone groups is 1. The van der Waals surface area contributed by atoms with Gasteiger partial charge in [0, 0.05) is 13.1 Å². The second-order valence-electron chi connectivity index (χ2n) is 4.96. The maximum Gasteiger partial charge on any atom is 0.329 e. The number of hydrogen-bond donors (Lipinski definition) is 1. The van der Waals surface area contributed by atoms with E-state index in [1.165, 1.54) is 35.4 Å². The highest BCUT2D eigenvalue weighted by atomic mass is 16.4. The van der Waals surface area contributed by atoms with Gasteiger partial charge in [0.2, 0.25) is 0 Å². The Balaban J connectivity index is 1.86. The number of carboxylic acid groups (broad SMARTS) is 1. The van der Waals surface area contributed by atoms with Gasteiger partial charge in [-0.2, -0.15) is 5.10 Å². The molecule has 1 aliphatic heterocycles. The first-order valence-corrected chi connectivity index (χ1v) is 7.01. The molecule has 116 valence electrons. The van der Waals surface area contributed by atoms with E-state index in [0.29, 0.717) is 18.7 Å². The first kappa shape index (κ1) is 15.7. The van der Waals surface area contributed by atoms with Crippen LogP contribution in [0.25, 0.3) is 0 Å². The van der Waals surface area contributed by atoms with Gasteiger partial charge in [-0.05, 0) is 30.4 Å². The topological polar surface area (TPSA) is 102 Å². The third kappa shape index (κ3) is 4.15. The lowest BCUT2D eigenvalue weighted by molar-refractivity contribution is -0.255. The number of hydrogen-bond acceptors (Lipinski definition) is 5. The van der Waals surface area contributed by atoms with Crippen molar-refractivity contribution in [3.63, 3.8) is 0 Å². The van der Waals surface area contributed by atoms with E-state index in [9.17, 15) is 19.5 Å². The summed E-state index contributed by atoms with van der Waals surface area (Å²) in [4.78, 5) is 35.6. The van der Waals surface area contributed by atoms with Crippen molar-refractivity contribution in [2.24, 2.45) is 5.10 Å². The third-order valence-corrected chi connectivity index (χ3v) is 3.36. The molecule has 1 heterocycles. The van der Waals surface area contributed by atoms with E-state index in [2.05, 4.69) is 10.5 Å². The molecule has 7 nitrogen and oxygen atoms in total. The molecule has 22 heavy (non-hydrogen) atoms. The van der Waals surface area contributed by atoms with E-state index in [1.54, 1.807) is 0 Å². The molecular formula is C15H16N3O4-. The lowest BCUT2D eigenvalue weighted by Gasteiger charge is -2.25. The highest BCUT2D eigenvalue weighted by molar-refractivity contribution is 6.35. The van der Waals surface area contributed by atoms with Crippen molar-refractivity contribution in [1.82, 2.24) is 10.3 Å². The fraction of sp³-hybridized carbons (Fsp3) is 0.333. The molecule has 0 radical (unpaired) electrons. The number of carboxylic acids is 1. The molecule has 1 N–H and O–H groups in total.